The zero-order chi connectivity index (χ0) is 10.4. The Morgan fingerprint density at radius 3 is 2.93 bits per heavy atom. The van der Waals surface area contributed by atoms with Gasteiger partial charge in [0, 0.05) is 4.47 Å². The Kier molecular flexibility index (Phi) is 4.48. The van der Waals surface area contributed by atoms with E-state index < -0.39 is 0 Å². The molecule has 0 amide bonds. The number of hydrogen-bond acceptors (Lipinski definition) is 2. The molecule has 0 fully saturated rings. The number of rotatable bonds is 4. The van der Waals surface area contributed by atoms with Gasteiger partial charge in [-0.15, -0.1) is 0 Å². The molecule has 0 aliphatic heterocycles. The van der Waals surface area contributed by atoms with E-state index in [0.29, 0.717) is 17.9 Å². The molecule has 0 saturated heterocycles. The summed E-state index contributed by atoms with van der Waals surface area (Å²) in [5, 5.41) is 8.85. The molecule has 0 heterocycles. The Balaban J connectivity index is 2.72. The second-order valence-electron chi connectivity index (χ2n) is 2.95. The van der Waals surface area contributed by atoms with Crippen molar-refractivity contribution < 1.29 is 4.74 Å². The first kappa shape index (κ1) is 11.1. The van der Waals surface area contributed by atoms with E-state index in [1.165, 1.54) is 0 Å². The summed E-state index contributed by atoms with van der Waals surface area (Å²) < 4.78 is 6.38. The van der Waals surface area contributed by atoms with E-state index in [0.717, 1.165) is 17.3 Å². The molecule has 3 heteroatoms. The maximum absolute atomic E-state index is 8.85. The minimum absolute atomic E-state index is 0.579. The Morgan fingerprint density at radius 2 is 2.29 bits per heavy atom. The van der Waals surface area contributed by atoms with Gasteiger partial charge in [-0.05, 0) is 24.6 Å². The molecule has 2 nitrogen and oxygen atoms in total. The zero-order valence-electron chi connectivity index (χ0n) is 8.09. The largest absolute Gasteiger partial charge is 0.492 e. The average molecular weight is 254 g/mol. The SMILES string of the molecule is CCCCOc1ccc(Br)cc1C#N. The average Bonchev–Trinajstić information content (AvgIpc) is 2.20. The number of unbranched alkanes of at least 4 members (excludes halogenated alkanes) is 1. The van der Waals surface area contributed by atoms with Gasteiger partial charge in [-0.3, -0.25) is 0 Å². The Hall–Kier alpha value is -1.01. The van der Waals surface area contributed by atoms with Crippen LogP contribution in [0.25, 0.3) is 0 Å². The van der Waals surface area contributed by atoms with E-state index in [4.69, 9.17) is 10.00 Å². The van der Waals surface area contributed by atoms with Crippen LogP contribution in [0.15, 0.2) is 22.7 Å². The molecule has 0 aliphatic rings. The summed E-state index contributed by atoms with van der Waals surface area (Å²) in [5.74, 6) is 0.671. The highest BCUT2D eigenvalue weighted by molar-refractivity contribution is 9.10. The van der Waals surface area contributed by atoms with Crippen LogP contribution in [0.3, 0.4) is 0 Å². The van der Waals surface area contributed by atoms with E-state index in [9.17, 15) is 0 Å². The van der Waals surface area contributed by atoms with Crippen LogP contribution in [0.4, 0.5) is 0 Å². The summed E-state index contributed by atoms with van der Waals surface area (Å²) in [6.45, 7) is 2.78. The van der Waals surface area contributed by atoms with Gasteiger partial charge in [-0.1, -0.05) is 29.3 Å². The maximum Gasteiger partial charge on any atom is 0.137 e. The number of ether oxygens (including phenoxy) is 1. The lowest BCUT2D eigenvalue weighted by atomic mass is 10.2. The summed E-state index contributed by atoms with van der Waals surface area (Å²) in [4.78, 5) is 0. The summed E-state index contributed by atoms with van der Waals surface area (Å²) in [7, 11) is 0. The van der Waals surface area contributed by atoms with Crippen LogP contribution in [0, 0.1) is 11.3 Å². The van der Waals surface area contributed by atoms with Gasteiger partial charge in [0.2, 0.25) is 0 Å². The third-order valence-electron chi connectivity index (χ3n) is 1.82. The molecule has 0 saturated carbocycles. The molecule has 0 radical (unpaired) electrons. The van der Waals surface area contributed by atoms with Crippen LogP contribution < -0.4 is 4.74 Å². The Bertz CT molecular complexity index is 344. The van der Waals surface area contributed by atoms with E-state index in [2.05, 4.69) is 28.9 Å². The van der Waals surface area contributed by atoms with Crippen LogP contribution in [0.1, 0.15) is 25.3 Å². The predicted molar refractivity (Wildman–Crippen MR) is 59.3 cm³/mol. The summed E-state index contributed by atoms with van der Waals surface area (Å²) in [5.41, 5.74) is 0.579. The van der Waals surface area contributed by atoms with Crippen molar-refractivity contribution in [3.8, 4) is 11.8 Å². The van der Waals surface area contributed by atoms with Gasteiger partial charge in [-0.25, -0.2) is 0 Å². The van der Waals surface area contributed by atoms with Crippen molar-refractivity contribution in [3.05, 3.63) is 28.2 Å². The molecule has 14 heavy (non-hydrogen) atoms. The predicted octanol–water partition coefficient (Wildman–Crippen LogP) is 3.50. The van der Waals surface area contributed by atoms with E-state index in [1.54, 1.807) is 6.07 Å². The molecule has 0 spiro atoms. The van der Waals surface area contributed by atoms with E-state index in [-0.39, 0.29) is 0 Å². The lowest BCUT2D eigenvalue weighted by Gasteiger charge is -2.06. The maximum atomic E-state index is 8.85. The zero-order valence-corrected chi connectivity index (χ0v) is 9.67. The summed E-state index contributed by atoms with van der Waals surface area (Å²) in [6.07, 6.45) is 2.11. The van der Waals surface area contributed by atoms with Crippen LogP contribution in [0.5, 0.6) is 5.75 Å². The molecule has 1 aromatic carbocycles. The first-order valence-corrected chi connectivity index (χ1v) is 5.39. The summed E-state index contributed by atoms with van der Waals surface area (Å²) >= 11 is 3.31. The highest BCUT2D eigenvalue weighted by Crippen LogP contribution is 2.22. The monoisotopic (exact) mass is 253 g/mol. The molecule has 0 bridgehead atoms. The highest BCUT2D eigenvalue weighted by Gasteiger charge is 2.02. The second kappa shape index (κ2) is 5.66. The van der Waals surface area contributed by atoms with Gasteiger partial charge in [0.1, 0.15) is 11.8 Å². The standard InChI is InChI=1S/C11H12BrNO/c1-2-3-6-14-11-5-4-10(12)7-9(11)8-13/h4-5,7H,2-3,6H2,1H3. The minimum atomic E-state index is 0.579. The van der Waals surface area contributed by atoms with E-state index >= 15 is 0 Å². The van der Waals surface area contributed by atoms with Crippen molar-refractivity contribution in [2.24, 2.45) is 0 Å². The quantitative estimate of drug-likeness (QED) is 0.770. The molecule has 1 aromatic rings. The summed E-state index contributed by atoms with van der Waals surface area (Å²) in [6, 6.07) is 7.57. The highest BCUT2D eigenvalue weighted by atomic mass is 79.9. The molecule has 0 N–H and O–H groups in total. The fraction of sp³-hybridized carbons (Fsp3) is 0.364. The van der Waals surface area contributed by atoms with Crippen LogP contribution >= 0.6 is 15.9 Å². The van der Waals surface area contributed by atoms with Gasteiger partial charge >= 0.3 is 0 Å². The lowest BCUT2D eigenvalue weighted by Crippen LogP contribution is -1.98. The topological polar surface area (TPSA) is 33.0 Å². The normalized spacial score (nSPS) is 9.50. The van der Waals surface area contributed by atoms with Crippen molar-refractivity contribution >= 4 is 15.9 Å². The molecule has 0 aliphatic carbocycles. The van der Waals surface area contributed by atoms with Gasteiger partial charge in [0.15, 0.2) is 0 Å². The molecular formula is C11H12BrNO. The Labute approximate surface area is 92.6 Å². The number of benzene rings is 1. The number of halogens is 1. The number of nitriles is 1. The smallest absolute Gasteiger partial charge is 0.137 e. The van der Waals surface area contributed by atoms with Crippen LogP contribution in [0.2, 0.25) is 0 Å². The van der Waals surface area contributed by atoms with E-state index in [1.807, 2.05) is 12.1 Å². The molecule has 0 unspecified atom stereocenters. The van der Waals surface area contributed by atoms with Crippen molar-refractivity contribution in [2.75, 3.05) is 6.61 Å². The number of nitrogens with zero attached hydrogens (tertiary/aromatic N) is 1. The van der Waals surface area contributed by atoms with Crippen molar-refractivity contribution in [3.63, 3.8) is 0 Å². The Morgan fingerprint density at radius 1 is 1.50 bits per heavy atom. The molecule has 1 rings (SSSR count). The van der Waals surface area contributed by atoms with Crippen molar-refractivity contribution in [1.82, 2.24) is 0 Å². The van der Waals surface area contributed by atoms with Crippen LogP contribution in [-0.4, -0.2) is 6.61 Å². The molecular weight excluding hydrogens is 242 g/mol. The number of hydrogen-bond donors (Lipinski definition) is 0. The molecule has 74 valence electrons. The minimum Gasteiger partial charge on any atom is -0.492 e. The van der Waals surface area contributed by atoms with Gasteiger partial charge in [-0.2, -0.15) is 5.26 Å². The lowest BCUT2D eigenvalue weighted by molar-refractivity contribution is 0.308. The molecule has 0 atom stereocenters. The third kappa shape index (κ3) is 3.04. The van der Waals surface area contributed by atoms with Gasteiger partial charge in [0.25, 0.3) is 0 Å². The third-order valence-corrected chi connectivity index (χ3v) is 2.31. The van der Waals surface area contributed by atoms with Gasteiger partial charge in [0.05, 0.1) is 12.2 Å². The second-order valence-corrected chi connectivity index (χ2v) is 3.87. The first-order chi connectivity index (χ1) is 6.77. The molecule has 0 aromatic heterocycles. The fourth-order valence-corrected chi connectivity index (χ4v) is 1.40. The first-order valence-electron chi connectivity index (χ1n) is 4.60. The van der Waals surface area contributed by atoms with Crippen molar-refractivity contribution in [2.45, 2.75) is 19.8 Å². The van der Waals surface area contributed by atoms with Crippen molar-refractivity contribution in [1.29, 1.82) is 5.26 Å². The van der Waals surface area contributed by atoms with Crippen LogP contribution in [-0.2, 0) is 0 Å². The fourth-order valence-electron chi connectivity index (χ4n) is 1.04. The van der Waals surface area contributed by atoms with Gasteiger partial charge < -0.3 is 4.74 Å².